The lowest BCUT2D eigenvalue weighted by Gasteiger charge is -2.37. The van der Waals surface area contributed by atoms with Crippen molar-refractivity contribution in [2.75, 3.05) is 13.1 Å². The van der Waals surface area contributed by atoms with Crippen LogP contribution in [0.15, 0.2) is 30.3 Å². The molecule has 0 radical (unpaired) electrons. The van der Waals surface area contributed by atoms with Gasteiger partial charge in [0.2, 0.25) is 0 Å². The van der Waals surface area contributed by atoms with Crippen LogP contribution in [0.1, 0.15) is 36.5 Å². The van der Waals surface area contributed by atoms with E-state index in [1.165, 1.54) is 6.42 Å². The Morgan fingerprint density at radius 2 is 1.87 bits per heavy atom. The summed E-state index contributed by atoms with van der Waals surface area (Å²) in [6, 6.07) is 12.8. The van der Waals surface area contributed by atoms with Gasteiger partial charge in [0.1, 0.15) is 11.6 Å². The second-order valence-electron chi connectivity index (χ2n) is 6.62. The molecular weight excluding hydrogens is 286 g/mol. The van der Waals surface area contributed by atoms with Gasteiger partial charge in [-0.05, 0) is 24.8 Å². The predicted octanol–water partition coefficient (Wildman–Crippen LogP) is 2.28. The lowest BCUT2D eigenvalue weighted by atomic mass is 9.74. The number of nitriles is 1. The highest BCUT2D eigenvalue weighted by atomic mass is 15.3. The summed E-state index contributed by atoms with van der Waals surface area (Å²) in [6.45, 7) is 3.77. The van der Waals surface area contributed by atoms with Crippen LogP contribution in [-0.4, -0.2) is 32.8 Å². The van der Waals surface area contributed by atoms with Gasteiger partial charge in [0, 0.05) is 26.1 Å². The number of benzene rings is 1. The Balaban J connectivity index is 1.45. The third-order valence-electron chi connectivity index (χ3n) is 5.30. The van der Waals surface area contributed by atoms with Crippen LogP contribution in [0.3, 0.4) is 0 Å². The number of hydrogen-bond acceptors (Lipinski definition) is 4. The van der Waals surface area contributed by atoms with Crippen LogP contribution in [0.2, 0.25) is 0 Å². The molecule has 0 amide bonds. The average Bonchev–Trinajstić information content (AvgIpc) is 3.22. The summed E-state index contributed by atoms with van der Waals surface area (Å²) in [4.78, 5) is 2.41. The predicted molar refractivity (Wildman–Crippen MR) is 86.6 cm³/mol. The molecule has 23 heavy (non-hydrogen) atoms. The molecule has 4 rings (SSSR count). The lowest BCUT2D eigenvalue weighted by Crippen LogP contribution is -2.41. The molecule has 1 aromatic carbocycles. The van der Waals surface area contributed by atoms with Crippen molar-refractivity contribution >= 4 is 0 Å². The number of hydrogen-bond donors (Lipinski definition) is 0. The van der Waals surface area contributed by atoms with Crippen molar-refractivity contribution < 1.29 is 0 Å². The fourth-order valence-corrected chi connectivity index (χ4v) is 3.84. The van der Waals surface area contributed by atoms with Crippen LogP contribution in [0.25, 0.3) is 0 Å². The summed E-state index contributed by atoms with van der Waals surface area (Å²) in [5.41, 5.74) is 0.829. The van der Waals surface area contributed by atoms with Crippen molar-refractivity contribution in [2.24, 2.45) is 0 Å². The Morgan fingerprint density at radius 3 is 2.61 bits per heavy atom. The first-order valence-electron chi connectivity index (χ1n) is 8.41. The Kier molecular flexibility index (Phi) is 3.62. The molecule has 0 saturated carbocycles. The van der Waals surface area contributed by atoms with Crippen LogP contribution >= 0.6 is 0 Å². The molecular formula is C18H21N5. The van der Waals surface area contributed by atoms with Crippen molar-refractivity contribution in [3.63, 3.8) is 0 Å². The molecule has 1 fully saturated rings. The van der Waals surface area contributed by atoms with Gasteiger partial charge in [-0.15, -0.1) is 10.2 Å². The molecule has 2 aromatic rings. The molecule has 2 aliphatic rings. The molecule has 5 nitrogen and oxygen atoms in total. The maximum absolute atomic E-state index is 9.77. The van der Waals surface area contributed by atoms with E-state index in [0.29, 0.717) is 0 Å². The molecule has 0 bridgehead atoms. The monoisotopic (exact) mass is 307 g/mol. The zero-order chi connectivity index (χ0) is 15.7. The second kappa shape index (κ2) is 5.78. The van der Waals surface area contributed by atoms with Gasteiger partial charge in [-0.2, -0.15) is 5.26 Å². The minimum atomic E-state index is -0.329. The normalized spacial score (nSPS) is 20.1. The van der Waals surface area contributed by atoms with E-state index in [0.717, 1.165) is 62.7 Å². The van der Waals surface area contributed by atoms with E-state index in [-0.39, 0.29) is 5.41 Å². The number of aryl methyl sites for hydroxylation is 1. The molecule has 118 valence electrons. The number of nitrogens with zero attached hydrogens (tertiary/aromatic N) is 5. The van der Waals surface area contributed by atoms with E-state index in [4.69, 9.17) is 0 Å². The van der Waals surface area contributed by atoms with Crippen molar-refractivity contribution in [3.8, 4) is 6.07 Å². The Morgan fingerprint density at radius 1 is 1.09 bits per heavy atom. The average molecular weight is 307 g/mol. The van der Waals surface area contributed by atoms with E-state index in [2.05, 4.69) is 37.9 Å². The third-order valence-corrected chi connectivity index (χ3v) is 5.30. The van der Waals surface area contributed by atoms with Gasteiger partial charge in [-0.25, -0.2) is 0 Å². The zero-order valence-electron chi connectivity index (χ0n) is 13.3. The molecule has 1 aromatic heterocycles. The molecule has 0 unspecified atom stereocenters. The quantitative estimate of drug-likeness (QED) is 0.873. The van der Waals surface area contributed by atoms with Crippen LogP contribution in [0.5, 0.6) is 0 Å². The zero-order valence-corrected chi connectivity index (χ0v) is 13.3. The summed E-state index contributed by atoms with van der Waals surface area (Å²) in [6.07, 6.45) is 4.00. The molecule has 3 heterocycles. The van der Waals surface area contributed by atoms with Gasteiger partial charge in [0.25, 0.3) is 0 Å². The minimum Gasteiger partial charge on any atom is -0.314 e. The molecule has 0 N–H and O–H groups in total. The number of piperidine rings is 1. The molecule has 2 aliphatic heterocycles. The highest BCUT2D eigenvalue weighted by molar-refractivity contribution is 5.33. The Labute approximate surface area is 136 Å². The standard InChI is InChI=1S/C18H21N5/c19-14-18(15-5-2-1-3-6-15)8-11-22(12-9-18)13-17-21-20-16-7-4-10-23(16)17/h1-3,5-6H,4,7-13H2. The van der Waals surface area contributed by atoms with Gasteiger partial charge in [0.15, 0.2) is 0 Å². The SMILES string of the molecule is N#CC1(c2ccccc2)CCN(Cc2nnc3n2CCC3)CC1. The number of aromatic nitrogens is 3. The molecule has 1 saturated heterocycles. The van der Waals surface area contributed by atoms with E-state index in [9.17, 15) is 5.26 Å². The van der Waals surface area contributed by atoms with Crippen molar-refractivity contribution in [3.05, 3.63) is 47.5 Å². The molecule has 5 heteroatoms. The first kappa shape index (κ1) is 14.4. The summed E-state index contributed by atoms with van der Waals surface area (Å²) in [5.74, 6) is 2.22. The van der Waals surface area contributed by atoms with Crippen molar-refractivity contribution in [2.45, 2.75) is 44.2 Å². The first-order valence-corrected chi connectivity index (χ1v) is 8.41. The highest BCUT2D eigenvalue weighted by Gasteiger charge is 2.36. The maximum atomic E-state index is 9.77. The Bertz CT molecular complexity index is 720. The highest BCUT2D eigenvalue weighted by Crippen LogP contribution is 2.35. The van der Waals surface area contributed by atoms with Crippen LogP contribution in [-0.2, 0) is 24.9 Å². The summed E-state index contributed by atoms with van der Waals surface area (Å²) < 4.78 is 2.27. The van der Waals surface area contributed by atoms with E-state index >= 15 is 0 Å². The van der Waals surface area contributed by atoms with Gasteiger partial charge in [0.05, 0.1) is 18.0 Å². The van der Waals surface area contributed by atoms with Crippen LogP contribution < -0.4 is 0 Å². The third kappa shape index (κ3) is 2.53. The molecule has 0 atom stereocenters. The van der Waals surface area contributed by atoms with Gasteiger partial charge >= 0.3 is 0 Å². The largest absolute Gasteiger partial charge is 0.314 e. The summed E-state index contributed by atoms with van der Waals surface area (Å²) in [7, 11) is 0. The van der Waals surface area contributed by atoms with Crippen LogP contribution in [0, 0.1) is 11.3 Å². The minimum absolute atomic E-state index is 0.329. The van der Waals surface area contributed by atoms with Crippen molar-refractivity contribution in [1.82, 2.24) is 19.7 Å². The van der Waals surface area contributed by atoms with E-state index in [1.54, 1.807) is 0 Å². The maximum Gasteiger partial charge on any atom is 0.147 e. The van der Waals surface area contributed by atoms with E-state index < -0.39 is 0 Å². The fraction of sp³-hybridized carbons (Fsp3) is 0.500. The van der Waals surface area contributed by atoms with Gasteiger partial charge in [-0.1, -0.05) is 30.3 Å². The lowest BCUT2D eigenvalue weighted by molar-refractivity contribution is 0.173. The second-order valence-corrected chi connectivity index (χ2v) is 6.62. The van der Waals surface area contributed by atoms with Crippen LogP contribution in [0.4, 0.5) is 0 Å². The van der Waals surface area contributed by atoms with Crippen molar-refractivity contribution in [1.29, 1.82) is 5.26 Å². The van der Waals surface area contributed by atoms with Gasteiger partial charge < -0.3 is 4.57 Å². The number of rotatable bonds is 3. The van der Waals surface area contributed by atoms with E-state index in [1.807, 2.05) is 18.2 Å². The summed E-state index contributed by atoms with van der Waals surface area (Å²) in [5, 5.41) is 18.4. The molecule has 0 aliphatic carbocycles. The first-order chi connectivity index (χ1) is 11.3. The number of fused-ring (bicyclic) bond motifs is 1. The topological polar surface area (TPSA) is 57.7 Å². The summed E-state index contributed by atoms with van der Waals surface area (Å²) >= 11 is 0. The molecule has 0 spiro atoms. The fourth-order valence-electron chi connectivity index (χ4n) is 3.84. The van der Waals surface area contributed by atoms with Gasteiger partial charge in [-0.3, -0.25) is 4.90 Å². The smallest absolute Gasteiger partial charge is 0.147 e. The number of likely N-dealkylation sites (tertiary alicyclic amines) is 1. The Hall–Kier alpha value is -2.19.